The first-order chi connectivity index (χ1) is 12.8. The molecule has 3 aliphatic rings. The highest BCUT2D eigenvalue weighted by Gasteiger charge is 2.35. The molecule has 2 aromatic rings. The van der Waals surface area contributed by atoms with Crippen LogP contribution in [0.1, 0.15) is 46.2 Å². The topological polar surface area (TPSA) is 88.3 Å². The van der Waals surface area contributed by atoms with Gasteiger partial charge in [-0.2, -0.15) is 5.10 Å². The molecule has 144 valence electrons. The third-order valence-corrected chi connectivity index (χ3v) is 5.33. The van der Waals surface area contributed by atoms with Gasteiger partial charge in [-0.3, -0.25) is 9.89 Å². The van der Waals surface area contributed by atoms with Crippen molar-refractivity contribution >= 4 is 18.3 Å². The lowest BCUT2D eigenvalue weighted by atomic mass is 10.0. The summed E-state index contributed by atoms with van der Waals surface area (Å²) in [5.74, 6) is 1.88. The molecule has 1 saturated carbocycles. The number of hydrogen-bond donors (Lipinski definition) is 3. The summed E-state index contributed by atoms with van der Waals surface area (Å²) in [6, 6.07) is 5.94. The number of rotatable bonds is 4. The number of hydrogen-bond acceptors (Lipinski definition) is 5. The normalized spacial score (nSPS) is 18.8. The second kappa shape index (κ2) is 7.40. The van der Waals surface area contributed by atoms with Gasteiger partial charge in [0.15, 0.2) is 17.2 Å². The molecule has 0 spiro atoms. The summed E-state index contributed by atoms with van der Waals surface area (Å²) in [5, 5.41) is 13.8. The van der Waals surface area contributed by atoms with Gasteiger partial charge in [-0.15, -0.1) is 12.4 Å². The molecule has 5 rings (SSSR count). The monoisotopic (exact) mass is 390 g/mol. The molecule has 7 nitrogen and oxygen atoms in total. The summed E-state index contributed by atoms with van der Waals surface area (Å²) in [5.41, 5.74) is 3.63. The third-order valence-electron chi connectivity index (χ3n) is 5.33. The number of H-pyrrole nitrogens is 1. The molecule has 0 radical (unpaired) electrons. The molecule has 1 aliphatic carbocycles. The molecule has 1 aromatic carbocycles. The minimum absolute atomic E-state index is 0. The van der Waals surface area contributed by atoms with Crippen molar-refractivity contribution < 1.29 is 14.3 Å². The number of aromatic amines is 1. The van der Waals surface area contributed by atoms with Crippen LogP contribution in [0, 0.1) is 5.92 Å². The van der Waals surface area contributed by atoms with Crippen LogP contribution < -0.4 is 20.1 Å². The second-order valence-corrected chi connectivity index (χ2v) is 7.15. The van der Waals surface area contributed by atoms with E-state index in [0.717, 1.165) is 54.1 Å². The van der Waals surface area contributed by atoms with Crippen LogP contribution >= 0.6 is 12.4 Å². The molecule has 0 bridgehead atoms. The predicted octanol–water partition coefficient (Wildman–Crippen LogP) is 2.13. The molecular weight excluding hydrogens is 368 g/mol. The number of fused-ring (bicyclic) bond motifs is 2. The summed E-state index contributed by atoms with van der Waals surface area (Å²) >= 11 is 0. The SMILES string of the molecule is Cl.O=C(NC(c1ccc2c(c1)OCCO2)C1CC1)c1n[nH]c2c1CNCC2. The maximum Gasteiger partial charge on any atom is 0.272 e. The average Bonchev–Trinajstić information content (AvgIpc) is 3.43. The van der Waals surface area contributed by atoms with Crippen molar-refractivity contribution in [1.29, 1.82) is 0 Å². The maximum atomic E-state index is 12.9. The van der Waals surface area contributed by atoms with E-state index >= 15 is 0 Å². The first-order valence-corrected chi connectivity index (χ1v) is 9.27. The maximum absolute atomic E-state index is 12.9. The van der Waals surface area contributed by atoms with Crippen molar-refractivity contribution in [2.75, 3.05) is 19.8 Å². The van der Waals surface area contributed by atoms with Gasteiger partial charge >= 0.3 is 0 Å². The molecule has 27 heavy (non-hydrogen) atoms. The lowest BCUT2D eigenvalue weighted by Crippen LogP contribution is -2.32. The van der Waals surface area contributed by atoms with E-state index in [-0.39, 0.29) is 24.4 Å². The van der Waals surface area contributed by atoms with Gasteiger partial charge in [0.05, 0.1) is 6.04 Å². The van der Waals surface area contributed by atoms with Gasteiger partial charge in [0.25, 0.3) is 5.91 Å². The molecule has 0 saturated heterocycles. The molecular formula is C19H23ClN4O3. The van der Waals surface area contributed by atoms with Crippen LogP contribution in [0.15, 0.2) is 18.2 Å². The van der Waals surface area contributed by atoms with Gasteiger partial charge in [0.2, 0.25) is 0 Å². The number of amides is 1. The van der Waals surface area contributed by atoms with E-state index < -0.39 is 0 Å². The Balaban J connectivity index is 0.00000180. The zero-order valence-corrected chi connectivity index (χ0v) is 15.7. The van der Waals surface area contributed by atoms with Crippen LogP contribution in [-0.2, 0) is 13.0 Å². The molecule has 1 unspecified atom stereocenters. The second-order valence-electron chi connectivity index (χ2n) is 7.15. The zero-order chi connectivity index (χ0) is 17.5. The van der Waals surface area contributed by atoms with Gasteiger partial charge in [-0.05, 0) is 36.5 Å². The van der Waals surface area contributed by atoms with Crippen molar-refractivity contribution in [2.45, 2.75) is 31.8 Å². The van der Waals surface area contributed by atoms with Crippen LogP contribution in [0.2, 0.25) is 0 Å². The Kier molecular flexibility index (Phi) is 4.97. The van der Waals surface area contributed by atoms with Crippen molar-refractivity contribution in [1.82, 2.24) is 20.8 Å². The first-order valence-electron chi connectivity index (χ1n) is 9.27. The van der Waals surface area contributed by atoms with Gasteiger partial charge in [0, 0.05) is 30.8 Å². The summed E-state index contributed by atoms with van der Waals surface area (Å²) in [6.07, 6.45) is 3.13. The van der Waals surface area contributed by atoms with E-state index in [4.69, 9.17) is 9.47 Å². The molecule has 1 fully saturated rings. The number of aromatic nitrogens is 2. The van der Waals surface area contributed by atoms with Crippen molar-refractivity contribution in [3.05, 3.63) is 40.7 Å². The smallest absolute Gasteiger partial charge is 0.272 e. The zero-order valence-electron chi connectivity index (χ0n) is 14.9. The lowest BCUT2D eigenvalue weighted by molar-refractivity contribution is 0.0925. The Bertz CT molecular complexity index is 849. The predicted molar refractivity (Wildman–Crippen MR) is 102 cm³/mol. The van der Waals surface area contributed by atoms with E-state index in [1.165, 1.54) is 0 Å². The lowest BCUT2D eigenvalue weighted by Gasteiger charge is -2.23. The summed E-state index contributed by atoms with van der Waals surface area (Å²) < 4.78 is 11.3. The van der Waals surface area contributed by atoms with Gasteiger partial charge < -0.3 is 20.1 Å². The van der Waals surface area contributed by atoms with Crippen molar-refractivity contribution in [3.63, 3.8) is 0 Å². The fourth-order valence-electron chi connectivity index (χ4n) is 3.78. The average molecular weight is 391 g/mol. The van der Waals surface area contributed by atoms with E-state index in [2.05, 4.69) is 20.8 Å². The Morgan fingerprint density at radius 3 is 2.85 bits per heavy atom. The first kappa shape index (κ1) is 18.1. The fourth-order valence-corrected chi connectivity index (χ4v) is 3.78. The Morgan fingerprint density at radius 2 is 2.04 bits per heavy atom. The standard InChI is InChI=1S/C19H22N4O3.ClH/c24-19(18-13-10-20-6-5-14(13)22-23-18)21-17(11-1-2-11)12-3-4-15-16(9-12)26-8-7-25-15;/h3-4,9,11,17,20H,1-2,5-8,10H2,(H,21,24)(H,22,23);1H. The molecule has 1 amide bonds. The molecule has 1 atom stereocenters. The van der Waals surface area contributed by atoms with Gasteiger partial charge in [-0.1, -0.05) is 6.07 Å². The summed E-state index contributed by atoms with van der Waals surface area (Å²) in [4.78, 5) is 12.9. The number of nitrogens with zero attached hydrogens (tertiary/aromatic N) is 1. The van der Waals surface area contributed by atoms with E-state index in [9.17, 15) is 4.79 Å². The minimum Gasteiger partial charge on any atom is -0.486 e. The van der Waals surface area contributed by atoms with Crippen molar-refractivity contribution in [2.24, 2.45) is 5.92 Å². The highest BCUT2D eigenvalue weighted by molar-refractivity contribution is 5.94. The number of carbonyl (C=O) groups is 1. The van der Waals surface area contributed by atoms with E-state index in [1.807, 2.05) is 18.2 Å². The quantitative estimate of drug-likeness (QED) is 0.744. The number of carbonyl (C=O) groups excluding carboxylic acids is 1. The molecule has 2 aliphatic heterocycles. The Hall–Kier alpha value is -2.25. The number of benzene rings is 1. The highest BCUT2D eigenvalue weighted by Crippen LogP contribution is 2.43. The van der Waals surface area contributed by atoms with Crippen LogP contribution in [-0.4, -0.2) is 35.9 Å². The van der Waals surface area contributed by atoms with Crippen molar-refractivity contribution in [3.8, 4) is 11.5 Å². The highest BCUT2D eigenvalue weighted by atomic mass is 35.5. The van der Waals surface area contributed by atoms with E-state index in [0.29, 0.717) is 31.4 Å². The van der Waals surface area contributed by atoms with Crippen LogP contribution in [0.5, 0.6) is 11.5 Å². The molecule has 3 N–H and O–H groups in total. The largest absolute Gasteiger partial charge is 0.486 e. The number of halogens is 1. The fraction of sp³-hybridized carbons (Fsp3) is 0.474. The number of nitrogens with one attached hydrogen (secondary N) is 3. The molecule has 8 heteroatoms. The molecule has 1 aromatic heterocycles. The Morgan fingerprint density at radius 1 is 1.22 bits per heavy atom. The van der Waals surface area contributed by atoms with Crippen LogP contribution in [0.25, 0.3) is 0 Å². The van der Waals surface area contributed by atoms with Crippen LogP contribution in [0.4, 0.5) is 0 Å². The minimum atomic E-state index is -0.113. The summed E-state index contributed by atoms with van der Waals surface area (Å²) in [7, 11) is 0. The third kappa shape index (κ3) is 3.49. The van der Waals surface area contributed by atoms with Gasteiger partial charge in [-0.25, -0.2) is 0 Å². The Labute approximate surface area is 163 Å². The van der Waals surface area contributed by atoms with Gasteiger partial charge in [0.1, 0.15) is 13.2 Å². The molecule has 3 heterocycles. The summed E-state index contributed by atoms with van der Waals surface area (Å²) in [6.45, 7) is 2.74. The number of ether oxygens (including phenoxy) is 2. The van der Waals surface area contributed by atoms with E-state index in [1.54, 1.807) is 0 Å². The van der Waals surface area contributed by atoms with Crippen LogP contribution in [0.3, 0.4) is 0 Å².